The van der Waals surface area contributed by atoms with Crippen LogP contribution in [0.1, 0.15) is 12.5 Å². The van der Waals surface area contributed by atoms with Crippen molar-refractivity contribution in [2.75, 3.05) is 11.9 Å². The van der Waals surface area contributed by atoms with Crippen molar-refractivity contribution in [3.63, 3.8) is 0 Å². The maximum Gasteiger partial charge on any atom is 0.265 e. The van der Waals surface area contributed by atoms with E-state index in [1.807, 2.05) is 42.5 Å². The number of hydrogen-bond donors (Lipinski definition) is 1. The summed E-state index contributed by atoms with van der Waals surface area (Å²) in [6.45, 7) is 2.28. The number of rotatable bonds is 8. The Morgan fingerprint density at radius 2 is 1.64 bits per heavy atom. The van der Waals surface area contributed by atoms with Crippen LogP contribution < -0.4 is 14.8 Å². The van der Waals surface area contributed by atoms with Gasteiger partial charge in [0.05, 0.1) is 11.6 Å². The van der Waals surface area contributed by atoms with Crippen LogP contribution in [0.2, 0.25) is 5.02 Å². The minimum Gasteiger partial charge on any atom is -0.493 e. The fourth-order valence-electron chi connectivity index (χ4n) is 2.59. The summed E-state index contributed by atoms with van der Waals surface area (Å²) in [4.78, 5) is 12.3. The second-order valence-electron chi connectivity index (χ2n) is 6.29. The largest absolute Gasteiger partial charge is 0.493 e. The molecular weight excluding hydrogens is 374 g/mol. The lowest BCUT2D eigenvalue weighted by Crippen LogP contribution is -2.30. The molecule has 0 spiro atoms. The van der Waals surface area contributed by atoms with E-state index in [-0.39, 0.29) is 5.91 Å². The van der Waals surface area contributed by atoms with Gasteiger partial charge in [-0.25, -0.2) is 0 Å². The van der Waals surface area contributed by atoms with E-state index in [4.69, 9.17) is 21.1 Å². The van der Waals surface area contributed by atoms with Gasteiger partial charge >= 0.3 is 0 Å². The molecule has 1 atom stereocenters. The number of ether oxygens (including phenoxy) is 2. The third-order valence-corrected chi connectivity index (χ3v) is 4.45. The number of nitrogens with one attached hydrogen (secondary N) is 1. The van der Waals surface area contributed by atoms with Gasteiger partial charge in [0.25, 0.3) is 5.91 Å². The SMILES string of the molecule is CC(Oc1ccccc1Cl)C(=O)Nc1ccc(OCCc2ccccc2)cc1. The lowest BCUT2D eigenvalue weighted by molar-refractivity contribution is -0.122. The van der Waals surface area contributed by atoms with E-state index in [2.05, 4.69) is 17.4 Å². The van der Waals surface area contributed by atoms with Crippen molar-refractivity contribution < 1.29 is 14.3 Å². The zero-order valence-corrected chi connectivity index (χ0v) is 16.4. The van der Waals surface area contributed by atoms with Crippen molar-refractivity contribution >= 4 is 23.2 Å². The first-order valence-electron chi connectivity index (χ1n) is 9.10. The lowest BCUT2D eigenvalue weighted by atomic mass is 10.2. The Kier molecular flexibility index (Phi) is 6.93. The predicted octanol–water partition coefficient (Wildman–Crippen LogP) is 5.37. The molecule has 0 heterocycles. The highest BCUT2D eigenvalue weighted by Crippen LogP contribution is 2.24. The number of para-hydroxylation sites is 1. The molecule has 0 fully saturated rings. The average molecular weight is 396 g/mol. The maximum absolute atomic E-state index is 12.3. The normalized spacial score (nSPS) is 11.5. The molecule has 0 saturated carbocycles. The van der Waals surface area contributed by atoms with Gasteiger partial charge in [-0.05, 0) is 48.9 Å². The van der Waals surface area contributed by atoms with Gasteiger partial charge in [-0.1, -0.05) is 54.1 Å². The zero-order chi connectivity index (χ0) is 19.8. The Labute approximate surface area is 170 Å². The van der Waals surface area contributed by atoms with E-state index in [1.54, 1.807) is 31.2 Å². The highest BCUT2D eigenvalue weighted by atomic mass is 35.5. The maximum atomic E-state index is 12.3. The molecule has 0 aliphatic heterocycles. The highest BCUT2D eigenvalue weighted by molar-refractivity contribution is 6.32. The van der Waals surface area contributed by atoms with Crippen LogP contribution in [0.15, 0.2) is 78.9 Å². The first-order valence-corrected chi connectivity index (χ1v) is 9.48. The summed E-state index contributed by atoms with van der Waals surface area (Å²) < 4.78 is 11.4. The Morgan fingerprint density at radius 3 is 2.36 bits per heavy atom. The molecule has 3 aromatic rings. The predicted molar refractivity (Wildman–Crippen MR) is 112 cm³/mol. The van der Waals surface area contributed by atoms with E-state index in [9.17, 15) is 4.79 Å². The molecular formula is C23H22ClNO3. The van der Waals surface area contributed by atoms with Crippen LogP contribution in [0.3, 0.4) is 0 Å². The number of benzene rings is 3. The van der Waals surface area contributed by atoms with Crippen molar-refractivity contribution in [3.8, 4) is 11.5 Å². The van der Waals surface area contributed by atoms with Gasteiger partial charge in [0.1, 0.15) is 11.5 Å². The first-order chi connectivity index (χ1) is 13.6. The Balaban J connectivity index is 1.48. The Bertz CT molecular complexity index is 897. The molecule has 0 bridgehead atoms. The third-order valence-electron chi connectivity index (χ3n) is 4.13. The van der Waals surface area contributed by atoms with E-state index in [0.29, 0.717) is 23.1 Å². The van der Waals surface area contributed by atoms with E-state index >= 15 is 0 Å². The van der Waals surface area contributed by atoms with Gasteiger partial charge in [-0.15, -0.1) is 0 Å². The molecule has 0 aliphatic carbocycles. The van der Waals surface area contributed by atoms with Gasteiger partial charge in [-0.3, -0.25) is 4.79 Å². The third kappa shape index (κ3) is 5.76. The summed E-state index contributed by atoms with van der Waals surface area (Å²) in [6.07, 6.45) is 0.164. The van der Waals surface area contributed by atoms with Crippen LogP contribution in [0.4, 0.5) is 5.69 Å². The summed E-state index contributed by atoms with van der Waals surface area (Å²) in [5, 5.41) is 3.30. The van der Waals surface area contributed by atoms with Crippen LogP contribution in [-0.4, -0.2) is 18.6 Å². The topological polar surface area (TPSA) is 47.6 Å². The molecule has 0 saturated heterocycles. The van der Waals surface area contributed by atoms with Crippen molar-refractivity contribution in [1.82, 2.24) is 0 Å². The molecule has 28 heavy (non-hydrogen) atoms. The van der Waals surface area contributed by atoms with Crippen molar-refractivity contribution in [2.45, 2.75) is 19.4 Å². The second-order valence-corrected chi connectivity index (χ2v) is 6.70. The molecule has 4 nitrogen and oxygen atoms in total. The van der Waals surface area contributed by atoms with Crippen LogP contribution in [0.5, 0.6) is 11.5 Å². The molecule has 1 amide bonds. The molecule has 1 unspecified atom stereocenters. The Morgan fingerprint density at radius 1 is 0.964 bits per heavy atom. The van der Waals surface area contributed by atoms with Gasteiger partial charge in [0.15, 0.2) is 6.10 Å². The lowest BCUT2D eigenvalue weighted by Gasteiger charge is -2.15. The molecule has 1 N–H and O–H groups in total. The number of anilines is 1. The number of hydrogen-bond acceptors (Lipinski definition) is 3. The minimum absolute atomic E-state index is 0.252. The van der Waals surface area contributed by atoms with Gasteiger partial charge in [0, 0.05) is 12.1 Å². The molecule has 3 aromatic carbocycles. The van der Waals surface area contributed by atoms with E-state index in [1.165, 1.54) is 5.56 Å². The summed E-state index contributed by atoms with van der Waals surface area (Å²) in [7, 11) is 0. The monoisotopic (exact) mass is 395 g/mol. The fourth-order valence-corrected chi connectivity index (χ4v) is 2.77. The quantitative estimate of drug-likeness (QED) is 0.558. The smallest absolute Gasteiger partial charge is 0.265 e. The summed E-state index contributed by atoms with van der Waals surface area (Å²) in [5.41, 5.74) is 1.91. The van der Waals surface area contributed by atoms with Crippen LogP contribution in [0.25, 0.3) is 0 Å². The first kappa shape index (κ1) is 19.8. The van der Waals surface area contributed by atoms with Crippen molar-refractivity contribution in [2.24, 2.45) is 0 Å². The van der Waals surface area contributed by atoms with E-state index < -0.39 is 6.10 Å². The molecule has 144 valence electrons. The van der Waals surface area contributed by atoms with Gasteiger partial charge < -0.3 is 14.8 Å². The fraction of sp³-hybridized carbons (Fsp3) is 0.174. The number of carbonyl (C=O) groups is 1. The van der Waals surface area contributed by atoms with Crippen LogP contribution in [-0.2, 0) is 11.2 Å². The number of carbonyl (C=O) groups excluding carboxylic acids is 1. The number of amides is 1. The van der Waals surface area contributed by atoms with Crippen molar-refractivity contribution in [3.05, 3.63) is 89.4 Å². The van der Waals surface area contributed by atoms with Gasteiger partial charge in [0.2, 0.25) is 0 Å². The highest BCUT2D eigenvalue weighted by Gasteiger charge is 2.16. The average Bonchev–Trinajstić information content (AvgIpc) is 2.72. The molecule has 0 aromatic heterocycles. The minimum atomic E-state index is -0.679. The summed E-state index contributed by atoms with van der Waals surface area (Å²) >= 11 is 6.06. The molecule has 5 heteroatoms. The molecule has 3 rings (SSSR count). The standard InChI is InChI=1S/C23H22ClNO3/c1-17(28-22-10-6-5-9-21(22)24)23(26)25-19-11-13-20(14-12-19)27-16-15-18-7-3-2-4-8-18/h2-14,17H,15-16H2,1H3,(H,25,26). The summed E-state index contributed by atoms with van der Waals surface area (Å²) in [5.74, 6) is 0.987. The molecule has 0 radical (unpaired) electrons. The summed E-state index contributed by atoms with van der Waals surface area (Å²) in [6, 6.07) is 24.5. The molecule has 0 aliphatic rings. The Hall–Kier alpha value is -2.98. The second kappa shape index (κ2) is 9.81. The van der Waals surface area contributed by atoms with Crippen molar-refractivity contribution in [1.29, 1.82) is 0 Å². The zero-order valence-electron chi connectivity index (χ0n) is 15.6. The van der Waals surface area contributed by atoms with Gasteiger partial charge in [-0.2, -0.15) is 0 Å². The van der Waals surface area contributed by atoms with Crippen LogP contribution in [0, 0.1) is 0 Å². The van der Waals surface area contributed by atoms with E-state index in [0.717, 1.165) is 12.2 Å². The van der Waals surface area contributed by atoms with Crippen LogP contribution >= 0.6 is 11.6 Å². The number of halogens is 1.